The second-order valence-electron chi connectivity index (χ2n) is 6.02. The molecule has 0 spiro atoms. The summed E-state index contributed by atoms with van der Waals surface area (Å²) in [6.07, 6.45) is 0.321. The molecule has 128 valence electrons. The van der Waals surface area contributed by atoms with Gasteiger partial charge in [0.15, 0.2) is 5.78 Å². The van der Waals surface area contributed by atoms with Gasteiger partial charge in [-0.25, -0.2) is 4.79 Å². The van der Waals surface area contributed by atoms with E-state index in [4.69, 9.17) is 14.2 Å². The number of hydrogen-bond acceptors (Lipinski definition) is 5. The summed E-state index contributed by atoms with van der Waals surface area (Å²) in [6, 6.07) is 5.09. The zero-order valence-corrected chi connectivity index (χ0v) is 14.4. The molecule has 0 fully saturated rings. The van der Waals surface area contributed by atoms with Gasteiger partial charge < -0.3 is 19.5 Å². The molecule has 6 nitrogen and oxygen atoms in total. The van der Waals surface area contributed by atoms with Crippen molar-refractivity contribution in [2.45, 2.75) is 39.2 Å². The highest BCUT2D eigenvalue weighted by molar-refractivity contribution is 5.99. The summed E-state index contributed by atoms with van der Waals surface area (Å²) in [5.74, 6) is 1.05. The van der Waals surface area contributed by atoms with Crippen molar-refractivity contribution >= 4 is 11.9 Å². The van der Waals surface area contributed by atoms with Crippen LogP contribution >= 0.6 is 0 Å². The van der Waals surface area contributed by atoms with Crippen LogP contribution in [-0.2, 0) is 4.74 Å². The van der Waals surface area contributed by atoms with Gasteiger partial charge in [-0.1, -0.05) is 0 Å². The molecular weight excluding hydrogens is 298 g/mol. The van der Waals surface area contributed by atoms with Crippen LogP contribution in [0.5, 0.6) is 11.5 Å². The highest BCUT2D eigenvalue weighted by atomic mass is 16.6. The fourth-order valence-corrected chi connectivity index (χ4v) is 1.92. The van der Waals surface area contributed by atoms with Gasteiger partial charge in [0, 0.05) is 13.0 Å². The molecule has 1 amide bonds. The monoisotopic (exact) mass is 323 g/mol. The second-order valence-corrected chi connectivity index (χ2v) is 6.02. The van der Waals surface area contributed by atoms with Crippen molar-refractivity contribution in [3.8, 4) is 11.5 Å². The van der Waals surface area contributed by atoms with Gasteiger partial charge in [0.25, 0.3) is 0 Å². The fraction of sp³-hybridized carbons (Fsp3) is 0.529. The Morgan fingerprint density at radius 3 is 2.39 bits per heavy atom. The molecule has 0 unspecified atom stereocenters. The van der Waals surface area contributed by atoms with Crippen LogP contribution in [-0.4, -0.2) is 38.2 Å². The molecule has 0 aliphatic rings. The topological polar surface area (TPSA) is 73.9 Å². The Morgan fingerprint density at radius 2 is 1.83 bits per heavy atom. The Morgan fingerprint density at radius 1 is 1.13 bits per heavy atom. The molecule has 0 bridgehead atoms. The first-order valence-corrected chi connectivity index (χ1v) is 7.49. The minimum absolute atomic E-state index is 0.0632. The average Bonchev–Trinajstić information content (AvgIpc) is 2.48. The van der Waals surface area contributed by atoms with Crippen LogP contribution in [0.3, 0.4) is 0 Å². The van der Waals surface area contributed by atoms with Gasteiger partial charge in [-0.05, 0) is 45.4 Å². The maximum Gasteiger partial charge on any atom is 0.407 e. The number of rotatable bonds is 7. The Bertz CT molecular complexity index is 548. The number of benzene rings is 1. The lowest BCUT2D eigenvalue weighted by Crippen LogP contribution is -2.33. The van der Waals surface area contributed by atoms with Gasteiger partial charge in [0.2, 0.25) is 0 Å². The normalized spacial score (nSPS) is 10.8. The third-order valence-electron chi connectivity index (χ3n) is 2.96. The minimum Gasteiger partial charge on any atom is -0.497 e. The highest BCUT2D eigenvalue weighted by Crippen LogP contribution is 2.25. The Hall–Kier alpha value is -2.24. The standard InChI is InChI=1S/C17H25NO5/c1-17(2,3)23-16(20)18-10-6-7-14(19)13-11-12(21-4)8-9-15(13)22-5/h8-9,11H,6-7,10H2,1-5H3,(H,18,20). The lowest BCUT2D eigenvalue weighted by molar-refractivity contribution is 0.0525. The molecular formula is C17H25NO5. The molecule has 0 heterocycles. The number of methoxy groups -OCH3 is 2. The molecule has 0 saturated heterocycles. The van der Waals surface area contributed by atoms with Crippen LogP contribution < -0.4 is 14.8 Å². The predicted molar refractivity (Wildman–Crippen MR) is 87.3 cm³/mol. The van der Waals surface area contributed by atoms with Gasteiger partial charge in [-0.15, -0.1) is 0 Å². The zero-order valence-electron chi connectivity index (χ0n) is 14.4. The molecule has 1 N–H and O–H groups in total. The molecule has 0 atom stereocenters. The van der Waals surface area contributed by atoms with Crippen molar-refractivity contribution in [1.82, 2.24) is 5.32 Å². The molecule has 0 aliphatic heterocycles. The number of carbonyl (C=O) groups is 2. The number of Topliss-reactive ketones (excluding diaryl/α,β-unsaturated/α-hetero) is 1. The van der Waals surface area contributed by atoms with Crippen LogP contribution in [0.15, 0.2) is 18.2 Å². The lowest BCUT2D eigenvalue weighted by Gasteiger charge is -2.19. The number of ketones is 1. The summed E-state index contributed by atoms with van der Waals surface area (Å²) in [5, 5.41) is 2.63. The van der Waals surface area contributed by atoms with Crippen molar-refractivity contribution in [2.24, 2.45) is 0 Å². The van der Waals surface area contributed by atoms with Crippen molar-refractivity contribution in [3.05, 3.63) is 23.8 Å². The number of amides is 1. The van der Waals surface area contributed by atoms with Crippen LogP contribution in [0.2, 0.25) is 0 Å². The fourth-order valence-electron chi connectivity index (χ4n) is 1.92. The van der Waals surface area contributed by atoms with E-state index in [0.29, 0.717) is 36.4 Å². The summed E-state index contributed by atoms with van der Waals surface area (Å²) >= 11 is 0. The number of alkyl carbamates (subject to hydrolysis) is 1. The van der Waals surface area contributed by atoms with Gasteiger partial charge in [-0.2, -0.15) is 0 Å². The molecule has 0 aliphatic carbocycles. The van der Waals surface area contributed by atoms with Crippen molar-refractivity contribution in [2.75, 3.05) is 20.8 Å². The molecule has 23 heavy (non-hydrogen) atoms. The van der Waals surface area contributed by atoms with Gasteiger partial charge >= 0.3 is 6.09 Å². The van der Waals surface area contributed by atoms with E-state index >= 15 is 0 Å². The van der Waals surface area contributed by atoms with E-state index in [2.05, 4.69) is 5.32 Å². The Kier molecular flexibility index (Phi) is 6.88. The second kappa shape index (κ2) is 8.41. The number of hydrogen-bond donors (Lipinski definition) is 1. The smallest absolute Gasteiger partial charge is 0.407 e. The highest BCUT2D eigenvalue weighted by Gasteiger charge is 2.16. The van der Waals surface area contributed by atoms with Gasteiger partial charge in [-0.3, -0.25) is 4.79 Å². The van der Waals surface area contributed by atoms with Gasteiger partial charge in [0.05, 0.1) is 19.8 Å². The molecule has 1 aromatic rings. The number of carbonyl (C=O) groups excluding carboxylic acids is 2. The number of ether oxygens (including phenoxy) is 3. The summed E-state index contributed by atoms with van der Waals surface area (Å²) in [7, 11) is 3.06. The maximum atomic E-state index is 12.3. The van der Waals surface area contributed by atoms with Crippen LogP contribution in [0.25, 0.3) is 0 Å². The molecule has 1 aromatic carbocycles. The maximum absolute atomic E-state index is 12.3. The SMILES string of the molecule is COc1ccc(OC)c(C(=O)CCCNC(=O)OC(C)(C)C)c1. The van der Waals surface area contributed by atoms with Gasteiger partial charge in [0.1, 0.15) is 17.1 Å². The molecule has 6 heteroatoms. The Labute approximate surface area is 137 Å². The lowest BCUT2D eigenvalue weighted by atomic mass is 10.1. The zero-order chi connectivity index (χ0) is 17.5. The quantitative estimate of drug-likeness (QED) is 0.616. The summed E-state index contributed by atoms with van der Waals surface area (Å²) in [5.41, 5.74) is -0.0578. The Balaban J connectivity index is 2.50. The van der Waals surface area contributed by atoms with Crippen molar-refractivity contribution in [1.29, 1.82) is 0 Å². The molecule has 0 aromatic heterocycles. The third kappa shape index (κ3) is 6.59. The van der Waals surface area contributed by atoms with E-state index in [-0.39, 0.29) is 5.78 Å². The largest absolute Gasteiger partial charge is 0.497 e. The first kappa shape index (κ1) is 18.8. The van der Waals surface area contributed by atoms with E-state index in [1.165, 1.54) is 7.11 Å². The molecule has 0 radical (unpaired) electrons. The van der Waals surface area contributed by atoms with E-state index < -0.39 is 11.7 Å². The summed E-state index contributed by atoms with van der Waals surface area (Å²) < 4.78 is 15.5. The minimum atomic E-state index is -0.534. The van der Waals surface area contributed by atoms with E-state index in [1.54, 1.807) is 46.1 Å². The average molecular weight is 323 g/mol. The van der Waals surface area contributed by atoms with Crippen LogP contribution in [0, 0.1) is 0 Å². The first-order chi connectivity index (χ1) is 10.8. The van der Waals surface area contributed by atoms with Crippen LogP contribution in [0.4, 0.5) is 4.79 Å². The van der Waals surface area contributed by atoms with Crippen molar-refractivity contribution < 1.29 is 23.8 Å². The van der Waals surface area contributed by atoms with E-state index in [1.807, 2.05) is 0 Å². The summed E-state index contributed by atoms with van der Waals surface area (Å²) in [6.45, 7) is 5.76. The van der Waals surface area contributed by atoms with E-state index in [9.17, 15) is 9.59 Å². The number of nitrogens with one attached hydrogen (secondary N) is 1. The molecule has 0 saturated carbocycles. The molecule has 1 rings (SSSR count). The third-order valence-corrected chi connectivity index (χ3v) is 2.96. The predicted octanol–water partition coefficient (Wildman–Crippen LogP) is 3.19. The van der Waals surface area contributed by atoms with Crippen LogP contribution in [0.1, 0.15) is 44.0 Å². The van der Waals surface area contributed by atoms with Crippen molar-refractivity contribution in [3.63, 3.8) is 0 Å². The summed E-state index contributed by atoms with van der Waals surface area (Å²) in [4.78, 5) is 23.8. The first-order valence-electron chi connectivity index (χ1n) is 7.49. The van der Waals surface area contributed by atoms with E-state index in [0.717, 1.165) is 0 Å².